The minimum absolute atomic E-state index is 0.00425. The summed E-state index contributed by atoms with van der Waals surface area (Å²) in [6.45, 7) is 11.4. The Hall–Kier alpha value is -2.14. The van der Waals surface area contributed by atoms with Gasteiger partial charge in [0.2, 0.25) is 0 Å². The maximum Gasteiger partial charge on any atom is 0.407 e. The van der Waals surface area contributed by atoms with Gasteiger partial charge in [-0.05, 0) is 59.2 Å². The van der Waals surface area contributed by atoms with Gasteiger partial charge in [0.25, 0.3) is 5.69 Å². The summed E-state index contributed by atoms with van der Waals surface area (Å²) in [5.74, 6) is 0.152. The van der Waals surface area contributed by atoms with Crippen LogP contribution in [0.15, 0.2) is 18.2 Å². The van der Waals surface area contributed by atoms with Crippen LogP contribution >= 0.6 is 23.2 Å². The molecule has 1 aromatic carbocycles. The van der Waals surface area contributed by atoms with Crippen molar-refractivity contribution in [2.24, 2.45) is 0 Å². The molecule has 0 heterocycles. The molecule has 1 rings (SSSR count). The Kier molecular flexibility index (Phi) is 12.9. The number of ether oxygens (including phenoxy) is 2. The van der Waals surface area contributed by atoms with Crippen molar-refractivity contribution in [2.45, 2.75) is 78.2 Å². The minimum atomic E-state index is -0.812. The molecule has 0 bridgehead atoms. The number of carbonyl (C=O) groups is 2. The first kappa shape index (κ1) is 31.9. The Morgan fingerprint density at radius 3 is 2.14 bits per heavy atom. The fourth-order valence-corrected chi connectivity index (χ4v) is 3.54. The van der Waals surface area contributed by atoms with Gasteiger partial charge in [-0.15, -0.1) is 23.2 Å². The maximum absolute atomic E-state index is 12.5. The van der Waals surface area contributed by atoms with Crippen LogP contribution in [-0.4, -0.2) is 64.1 Å². The first-order valence-corrected chi connectivity index (χ1v) is 12.7. The van der Waals surface area contributed by atoms with Gasteiger partial charge in [0.05, 0.1) is 18.0 Å². The number of hydrogen-bond donors (Lipinski definition) is 1. The molecule has 1 N–H and O–H groups in total. The number of nitro benzene ring substituents is 1. The molecular weight excluding hydrogens is 513 g/mol. The van der Waals surface area contributed by atoms with Crippen LogP contribution in [0.5, 0.6) is 0 Å². The topological polar surface area (TPSA) is 120 Å². The number of nitro groups is 1. The quantitative estimate of drug-likeness (QED) is 0.158. The highest BCUT2D eigenvalue weighted by Crippen LogP contribution is 2.24. The first-order valence-electron chi connectivity index (χ1n) is 11.6. The monoisotopic (exact) mass is 549 g/mol. The molecule has 0 fully saturated rings. The van der Waals surface area contributed by atoms with Crippen molar-refractivity contribution in [3.05, 3.63) is 39.4 Å². The molecule has 0 aliphatic carbocycles. The van der Waals surface area contributed by atoms with Crippen LogP contribution < -0.4 is 5.32 Å². The van der Waals surface area contributed by atoms with Crippen molar-refractivity contribution < 1.29 is 28.8 Å². The molecule has 12 heteroatoms. The number of halogens is 2. The van der Waals surface area contributed by atoms with Gasteiger partial charge in [0, 0.05) is 48.9 Å². The summed E-state index contributed by atoms with van der Waals surface area (Å²) in [5.41, 5.74) is -0.640. The van der Waals surface area contributed by atoms with Gasteiger partial charge < -0.3 is 14.8 Å². The Balaban J connectivity index is 3.17. The third kappa shape index (κ3) is 13.2. The molecule has 1 amide bonds. The van der Waals surface area contributed by atoms with Crippen molar-refractivity contribution in [3.63, 3.8) is 0 Å². The first-order chi connectivity index (χ1) is 16.6. The van der Waals surface area contributed by atoms with E-state index in [0.717, 1.165) is 0 Å². The van der Waals surface area contributed by atoms with Crippen LogP contribution in [0.4, 0.5) is 10.5 Å². The van der Waals surface area contributed by atoms with E-state index in [1.165, 1.54) is 6.07 Å². The summed E-state index contributed by atoms with van der Waals surface area (Å²) in [6, 6.07) is 3.77. The van der Waals surface area contributed by atoms with Gasteiger partial charge in [0.15, 0.2) is 0 Å². The van der Waals surface area contributed by atoms with Gasteiger partial charge in [-0.2, -0.15) is 5.06 Å². The van der Waals surface area contributed by atoms with Gasteiger partial charge in [-0.25, -0.2) is 4.79 Å². The average molecular weight is 550 g/mol. The lowest BCUT2D eigenvalue weighted by molar-refractivity contribution is -0.385. The highest BCUT2D eigenvalue weighted by Gasteiger charge is 2.27. The normalized spacial score (nSPS) is 12.8. The number of benzene rings is 1. The highest BCUT2D eigenvalue weighted by molar-refractivity contribution is 6.18. The molecular formula is C24H37Cl2N3O7. The molecule has 0 saturated carbocycles. The fourth-order valence-electron chi connectivity index (χ4n) is 3.16. The van der Waals surface area contributed by atoms with Crippen molar-refractivity contribution in [3.8, 4) is 0 Å². The van der Waals surface area contributed by atoms with E-state index in [-0.39, 0.29) is 25.1 Å². The summed E-state index contributed by atoms with van der Waals surface area (Å²) in [7, 11) is 0. The molecule has 204 valence electrons. The lowest BCUT2D eigenvalue weighted by Gasteiger charge is -2.25. The van der Waals surface area contributed by atoms with Gasteiger partial charge in [-0.1, -0.05) is 0 Å². The molecule has 0 aliphatic heterocycles. The molecule has 1 atom stereocenters. The van der Waals surface area contributed by atoms with Crippen LogP contribution in [0.1, 0.15) is 59.1 Å². The van der Waals surface area contributed by atoms with E-state index in [1.54, 1.807) is 58.7 Å². The van der Waals surface area contributed by atoms with E-state index in [9.17, 15) is 19.7 Å². The third-order valence-corrected chi connectivity index (χ3v) is 4.78. The number of esters is 1. The number of alkyl carbamates (subject to hydrolysis) is 1. The summed E-state index contributed by atoms with van der Waals surface area (Å²) in [6.07, 6.45) is -0.945. The SMILES string of the molecule is CC(C)(C)OC(=O)CC(Cc1cc(CON(CCCl)CCCl)ccc1[N+](=O)[O-])NC(=O)OC(C)(C)C. The van der Waals surface area contributed by atoms with Crippen LogP contribution in [0, 0.1) is 10.1 Å². The molecule has 1 aromatic rings. The van der Waals surface area contributed by atoms with Gasteiger partial charge in [0.1, 0.15) is 11.2 Å². The molecule has 0 radical (unpaired) electrons. The summed E-state index contributed by atoms with van der Waals surface area (Å²) in [4.78, 5) is 41.9. The second-order valence-corrected chi connectivity index (χ2v) is 10.9. The molecule has 0 aliphatic rings. The van der Waals surface area contributed by atoms with E-state index in [2.05, 4.69) is 5.32 Å². The molecule has 0 saturated heterocycles. The lowest BCUT2D eigenvalue weighted by Crippen LogP contribution is -2.42. The number of carbonyl (C=O) groups excluding carboxylic acids is 2. The van der Waals surface area contributed by atoms with Crippen molar-refractivity contribution in [1.29, 1.82) is 0 Å². The lowest BCUT2D eigenvalue weighted by atomic mass is 9.99. The minimum Gasteiger partial charge on any atom is -0.460 e. The number of hydrogen-bond acceptors (Lipinski definition) is 8. The van der Waals surface area contributed by atoms with Crippen molar-refractivity contribution in [2.75, 3.05) is 24.8 Å². The zero-order valence-electron chi connectivity index (χ0n) is 21.8. The van der Waals surface area contributed by atoms with Crippen molar-refractivity contribution >= 4 is 41.0 Å². The molecule has 10 nitrogen and oxygen atoms in total. The number of rotatable bonds is 13. The molecule has 0 aromatic heterocycles. The number of amides is 1. The van der Waals surface area contributed by atoms with E-state index < -0.39 is 34.2 Å². The van der Waals surface area contributed by atoms with E-state index in [4.69, 9.17) is 37.5 Å². The largest absolute Gasteiger partial charge is 0.460 e. The standard InChI is InChI=1S/C24H37Cl2N3O7/c1-23(2,3)35-21(30)15-19(27-22(31)36-24(4,5)6)14-18-13-17(7-8-20(18)29(32)33)16-34-28(11-9-25)12-10-26/h7-8,13,19H,9-12,14-16H2,1-6H3,(H,27,31). The second-order valence-electron chi connectivity index (χ2n) is 10.1. The zero-order valence-corrected chi connectivity index (χ0v) is 23.3. The Bertz CT molecular complexity index is 849. The number of nitrogens with zero attached hydrogens (tertiary/aromatic N) is 2. The Labute approximate surface area is 222 Å². The van der Waals surface area contributed by atoms with E-state index in [0.29, 0.717) is 36.0 Å². The number of alkyl halides is 2. The zero-order chi connectivity index (χ0) is 27.5. The van der Waals surface area contributed by atoms with Crippen LogP contribution in [0.2, 0.25) is 0 Å². The molecule has 0 spiro atoms. The second kappa shape index (κ2) is 14.6. The third-order valence-electron chi connectivity index (χ3n) is 4.44. The van der Waals surface area contributed by atoms with Crippen LogP contribution in [-0.2, 0) is 32.1 Å². The molecule has 1 unspecified atom stereocenters. The Morgan fingerprint density at radius 1 is 1.06 bits per heavy atom. The maximum atomic E-state index is 12.5. The highest BCUT2D eigenvalue weighted by atomic mass is 35.5. The summed E-state index contributed by atoms with van der Waals surface area (Å²) < 4.78 is 10.7. The smallest absolute Gasteiger partial charge is 0.407 e. The van der Waals surface area contributed by atoms with Gasteiger partial charge in [-0.3, -0.25) is 19.7 Å². The van der Waals surface area contributed by atoms with E-state index >= 15 is 0 Å². The predicted octanol–water partition coefficient (Wildman–Crippen LogP) is 4.97. The molecule has 36 heavy (non-hydrogen) atoms. The summed E-state index contributed by atoms with van der Waals surface area (Å²) in [5, 5.41) is 16.0. The number of hydroxylamine groups is 2. The van der Waals surface area contributed by atoms with Crippen LogP contribution in [0.25, 0.3) is 0 Å². The number of nitrogens with one attached hydrogen (secondary N) is 1. The predicted molar refractivity (Wildman–Crippen MR) is 138 cm³/mol. The summed E-state index contributed by atoms with van der Waals surface area (Å²) >= 11 is 11.6. The fraction of sp³-hybridized carbons (Fsp3) is 0.667. The van der Waals surface area contributed by atoms with Crippen LogP contribution in [0.3, 0.4) is 0 Å². The van der Waals surface area contributed by atoms with Gasteiger partial charge >= 0.3 is 12.1 Å². The Morgan fingerprint density at radius 2 is 1.64 bits per heavy atom. The van der Waals surface area contributed by atoms with E-state index in [1.807, 2.05) is 0 Å². The van der Waals surface area contributed by atoms with Crippen molar-refractivity contribution in [1.82, 2.24) is 10.4 Å². The average Bonchev–Trinajstić information content (AvgIpc) is 2.69.